The Balaban J connectivity index is 1.75. The maximum atomic E-state index is 13.3. The molecule has 0 unspecified atom stereocenters. The van der Waals surface area contributed by atoms with Crippen molar-refractivity contribution in [2.24, 2.45) is 0 Å². The zero-order valence-electron chi connectivity index (χ0n) is 17.0. The van der Waals surface area contributed by atoms with Gasteiger partial charge in [-0.3, -0.25) is 4.79 Å². The number of fused-ring (bicyclic) bond motifs is 1. The summed E-state index contributed by atoms with van der Waals surface area (Å²) in [5.74, 6) is -0.0687. The first kappa shape index (κ1) is 19.2. The molecule has 0 aliphatic heterocycles. The van der Waals surface area contributed by atoms with Crippen LogP contribution < -0.4 is 5.73 Å². The Bertz CT molecular complexity index is 1390. The summed E-state index contributed by atoms with van der Waals surface area (Å²) in [4.78, 5) is 19.5. The third kappa shape index (κ3) is 3.51. The molecule has 0 aliphatic carbocycles. The number of rotatable bonds is 4. The van der Waals surface area contributed by atoms with Crippen molar-refractivity contribution in [1.82, 2.24) is 4.98 Å². The number of aryl methyl sites for hydroxylation is 1. The van der Waals surface area contributed by atoms with Crippen molar-refractivity contribution in [2.45, 2.75) is 6.92 Å². The summed E-state index contributed by atoms with van der Waals surface area (Å²) in [6.07, 6.45) is 0. The van der Waals surface area contributed by atoms with Crippen LogP contribution in [-0.2, 0) is 0 Å². The highest BCUT2D eigenvalue weighted by Crippen LogP contribution is 2.42. The van der Waals surface area contributed by atoms with Crippen molar-refractivity contribution < 1.29 is 4.79 Å². The number of carbonyl (C=O) groups excluding carboxylic acids is 1. The van der Waals surface area contributed by atoms with Gasteiger partial charge < -0.3 is 5.73 Å². The number of hydrogen-bond donors (Lipinski definition) is 1. The fraction of sp³-hybridized carbons (Fsp3) is 0.0370. The zero-order chi connectivity index (χ0) is 21.4. The van der Waals surface area contributed by atoms with E-state index in [2.05, 4.69) is 18.2 Å². The highest BCUT2D eigenvalue weighted by atomic mass is 32.1. The Morgan fingerprint density at radius 1 is 0.839 bits per heavy atom. The SMILES string of the molecule is Cc1ccc(C(=O)c2sc3nc(-c4ccccc4)cc(-c4ccccc4)c3c2N)cc1. The number of nitrogens with zero attached hydrogens (tertiary/aromatic N) is 1. The van der Waals surface area contributed by atoms with Crippen LogP contribution in [0.5, 0.6) is 0 Å². The lowest BCUT2D eigenvalue weighted by Crippen LogP contribution is -2.02. The standard InChI is InChI=1S/C27H20N2OS/c1-17-12-14-20(15-13-17)25(30)26-24(28)23-21(18-8-4-2-5-9-18)16-22(29-27(23)31-26)19-10-6-3-7-11-19/h2-16H,28H2,1H3. The van der Waals surface area contributed by atoms with E-state index in [0.717, 1.165) is 38.2 Å². The van der Waals surface area contributed by atoms with Crippen LogP contribution in [0.4, 0.5) is 5.69 Å². The molecule has 0 spiro atoms. The Morgan fingerprint density at radius 2 is 1.45 bits per heavy atom. The minimum absolute atomic E-state index is 0.0687. The van der Waals surface area contributed by atoms with E-state index in [4.69, 9.17) is 10.7 Å². The highest BCUT2D eigenvalue weighted by Gasteiger charge is 2.22. The predicted molar refractivity (Wildman–Crippen MR) is 130 cm³/mol. The Kier molecular flexibility index (Phi) is 4.85. The number of ketones is 1. The molecule has 0 bridgehead atoms. The van der Waals surface area contributed by atoms with Gasteiger partial charge in [-0.2, -0.15) is 0 Å². The molecule has 150 valence electrons. The van der Waals surface area contributed by atoms with Crippen LogP contribution in [0.3, 0.4) is 0 Å². The molecular weight excluding hydrogens is 400 g/mol. The van der Waals surface area contributed by atoms with Crippen LogP contribution in [0.25, 0.3) is 32.6 Å². The lowest BCUT2D eigenvalue weighted by molar-refractivity contribution is 0.104. The monoisotopic (exact) mass is 420 g/mol. The molecule has 2 N–H and O–H groups in total. The smallest absolute Gasteiger partial charge is 0.205 e. The first-order valence-electron chi connectivity index (χ1n) is 10.1. The average molecular weight is 421 g/mol. The quantitative estimate of drug-likeness (QED) is 0.327. The zero-order valence-corrected chi connectivity index (χ0v) is 17.8. The molecule has 5 aromatic rings. The molecule has 3 aromatic carbocycles. The number of thiophene rings is 1. The molecule has 3 nitrogen and oxygen atoms in total. The second kappa shape index (κ2) is 7.82. The summed E-state index contributed by atoms with van der Waals surface area (Å²) in [5.41, 5.74) is 12.8. The van der Waals surface area contributed by atoms with Crippen LogP contribution in [0.1, 0.15) is 20.8 Å². The first-order valence-corrected chi connectivity index (χ1v) is 10.9. The van der Waals surface area contributed by atoms with E-state index >= 15 is 0 Å². The summed E-state index contributed by atoms with van der Waals surface area (Å²) in [6, 6.07) is 29.8. The minimum Gasteiger partial charge on any atom is -0.397 e. The van der Waals surface area contributed by atoms with Gasteiger partial charge in [0, 0.05) is 16.5 Å². The van der Waals surface area contributed by atoms with Crippen LogP contribution >= 0.6 is 11.3 Å². The molecule has 0 amide bonds. The number of pyridine rings is 1. The van der Waals surface area contributed by atoms with Crippen LogP contribution in [-0.4, -0.2) is 10.8 Å². The molecule has 2 heterocycles. The highest BCUT2D eigenvalue weighted by molar-refractivity contribution is 7.21. The number of anilines is 1. The van der Waals surface area contributed by atoms with Crippen LogP contribution in [0.2, 0.25) is 0 Å². The lowest BCUT2D eigenvalue weighted by atomic mass is 9.99. The summed E-state index contributed by atoms with van der Waals surface area (Å²) in [6.45, 7) is 2.00. The molecule has 5 rings (SSSR count). The third-order valence-corrected chi connectivity index (χ3v) is 6.47. The van der Waals surface area contributed by atoms with Crippen molar-refractivity contribution in [1.29, 1.82) is 0 Å². The van der Waals surface area contributed by atoms with Crippen molar-refractivity contribution in [3.63, 3.8) is 0 Å². The number of hydrogen-bond acceptors (Lipinski definition) is 4. The maximum absolute atomic E-state index is 13.3. The van der Waals surface area contributed by atoms with Gasteiger partial charge in [0.05, 0.1) is 11.4 Å². The number of benzene rings is 3. The van der Waals surface area contributed by atoms with E-state index in [1.807, 2.05) is 79.7 Å². The topological polar surface area (TPSA) is 56.0 Å². The number of nitrogens with two attached hydrogens (primary N) is 1. The van der Waals surface area contributed by atoms with Gasteiger partial charge in [-0.1, -0.05) is 90.5 Å². The van der Waals surface area contributed by atoms with Crippen molar-refractivity contribution in [2.75, 3.05) is 5.73 Å². The summed E-state index contributed by atoms with van der Waals surface area (Å²) >= 11 is 1.36. The van der Waals surface area contributed by atoms with Gasteiger partial charge in [0.15, 0.2) is 0 Å². The average Bonchev–Trinajstić information content (AvgIpc) is 3.16. The molecule has 0 radical (unpaired) electrons. The molecule has 0 atom stereocenters. The number of carbonyl (C=O) groups is 1. The first-order chi connectivity index (χ1) is 15.1. The molecule has 2 aromatic heterocycles. The van der Waals surface area contributed by atoms with Gasteiger partial charge >= 0.3 is 0 Å². The Labute approximate surface area is 184 Å². The molecule has 0 aliphatic rings. The van der Waals surface area contributed by atoms with E-state index < -0.39 is 0 Å². The maximum Gasteiger partial charge on any atom is 0.205 e. The molecule has 0 saturated carbocycles. The molecule has 0 fully saturated rings. The lowest BCUT2D eigenvalue weighted by Gasteiger charge is -2.09. The minimum atomic E-state index is -0.0687. The molecule has 31 heavy (non-hydrogen) atoms. The van der Waals surface area contributed by atoms with Gasteiger partial charge in [0.25, 0.3) is 0 Å². The molecule has 0 saturated heterocycles. The summed E-state index contributed by atoms with van der Waals surface area (Å²) in [5, 5.41) is 0.839. The molecular formula is C27H20N2OS. The van der Waals surface area contributed by atoms with Crippen molar-refractivity contribution in [3.8, 4) is 22.4 Å². The summed E-state index contributed by atoms with van der Waals surface area (Å²) in [7, 11) is 0. The Hall–Kier alpha value is -3.76. The predicted octanol–water partition coefficient (Wildman–Crippen LogP) is 6.75. The van der Waals surface area contributed by atoms with E-state index in [-0.39, 0.29) is 5.78 Å². The van der Waals surface area contributed by atoms with Gasteiger partial charge in [-0.05, 0) is 24.1 Å². The van der Waals surface area contributed by atoms with Gasteiger partial charge in [-0.25, -0.2) is 4.98 Å². The fourth-order valence-electron chi connectivity index (χ4n) is 3.73. The normalized spacial score (nSPS) is 11.0. The van der Waals surface area contributed by atoms with E-state index in [1.165, 1.54) is 11.3 Å². The van der Waals surface area contributed by atoms with Gasteiger partial charge in [0.1, 0.15) is 9.71 Å². The second-order valence-electron chi connectivity index (χ2n) is 7.51. The largest absolute Gasteiger partial charge is 0.397 e. The second-order valence-corrected chi connectivity index (χ2v) is 8.51. The van der Waals surface area contributed by atoms with Gasteiger partial charge in [0.2, 0.25) is 5.78 Å². The van der Waals surface area contributed by atoms with E-state index in [1.54, 1.807) is 0 Å². The van der Waals surface area contributed by atoms with Crippen molar-refractivity contribution >= 4 is 33.0 Å². The van der Waals surface area contributed by atoms with Crippen LogP contribution in [0, 0.1) is 6.92 Å². The third-order valence-electron chi connectivity index (χ3n) is 5.37. The van der Waals surface area contributed by atoms with E-state index in [9.17, 15) is 4.79 Å². The number of nitrogen functional groups attached to an aromatic ring is 1. The summed E-state index contributed by atoms with van der Waals surface area (Å²) < 4.78 is 0. The van der Waals surface area contributed by atoms with Gasteiger partial charge in [-0.15, -0.1) is 11.3 Å². The number of aromatic nitrogens is 1. The Morgan fingerprint density at radius 3 is 2.10 bits per heavy atom. The van der Waals surface area contributed by atoms with E-state index in [0.29, 0.717) is 16.1 Å². The molecule has 4 heteroatoms. The van der Waals surface area contributed by atoms with Crippen LogP contribution in [0.15, 0.2) is 91.0 Å². The van der Waals surface area contributed by atoms with Crippen molar-refractivity contribution in [3.05, 3.63) is 107 Å². The fourth-order valence-corrected chi connectivity index (χ4v) is 4.81.